The minimum Gasteiger partial charge on any atom is -0.478 e. The quantitative estimate of drug-likeness (QED) is 0.809. The van der Waals surface area contributed by atoms with Gasteiger partial charge in [0.2, 0.25) is 5.91 Å². The molecule has 0 unspecified atom stereocenters. The number of hydrogen-bond acceptors (Lipinski definition) is 3. The van der Waals surface area contributed by atoms with Gasteiger partial charge in [-0.25, -0.2) is 4.79 Å². The molecule has 0 aliphatic carbocycles. The molecule has 0 spiro atoms. The molecule has 2 rings (SSSR count). The van der Waals surface area contributed by atoms with E-state index in [0.717, 1.165) is 4.88 Å². The van der Waals surface area contributed by atoms with Crippen molar-refractivity contribution in [1.29, 1.82) is 0 Å². The number of thiophene rings is 1. The van der Waals surface area contributed by atoms with Crippen LogP contribution in [-0.4, -0.2) is 17.0 Å². The summed E-state index contributed by atoms with van der Waals surface area (Å²) in [4.78, 5) is 23.6. The van der Waals surface area contributed by atoms with Gasteiger partial charge >= 0.3 is 5.97 Å². The number of carboxylic acids is 1. The van der Waals surface area contributed by atoms with E-state index in [1.54, 1.807) is 6.08 Å². The monoisotopic (exact) mass is 341 g/mol. The highest BCUT2D eigenvalue weighted by Crippen LogP contribution is 2.32. The van der Waals surface area contributed by atoms with Gasteiger partial charge in [-0.2, -0.15) is 0 Å². The van der Waals surface area contributed by atoms with Gasteiger partial charge in [0.1, 0.15) is 0 Å². The summed E-state index contributed by atoms with van der Waals surface area (Å²) in [5.41, 5.74) is 0.140. The van der Waals surface area contributed by atoms with E-state index in [1.807, 2.05) is 17.5 Å². The van der Waals surface area contributed by atoms with Crippen LogP contribution in [0.5, 0.6) is 0 Å². The van der Waals surface area contributed by atoms with E-state index in [0.29, 0.717) is 0 Å². The van der Waals surface area contributed by atoms with Crippen LogP contribution in [0.2, 0.25) is 10.0 Å². The molecule has 0 aliphatic rings. The van der Waals surface area contributed by atoms with Crippen LogP contribution >= 0.6 is 34.5 Å². The molecule has 0 bridgehead atoms. The summed E-state index contributed by atoms with van der Waals surface area (Å²) >= 11 is 13.4. The Morgan fingerprint density at radius 3 is 2.43 bits per heavy atom. The first kappa shape index (κ1) is 15.6. The fourth-order valence-corrected chi connectivity index (χ4v) is 2.72. The SMILES string of the molecule is O=C(/C=C/c1cccs1)Nc1c(Cl)cc(C(=O)O)cc1Cl. The first-order chi connectivity index (χ1) is 9.97. The van der Waals surface area contributed by atoms with Crippen molar-refractivity contribution in [2.75, 3.05) is 5.32 Å². The fourth-order valence-electron chi connectivity index (χ4n) is 1.52. The smallest absolute Gasteiger partial charge is 0.335 e. The van der Waals surface area contributed by atoms with Crippen molar-refractivity contribution in [2.24, 2.45) is 0 Å². The van der Waals surface area contributed by atoms with Crippen LogP contribution in [-0.2, 0) is 4.79 Å². The van der Waals surface area contributed by atoms with Gasteiger partial charge < -0.3 is 10.4 Å². The number of amides is 1. The molecule has 2 N–H and O–H groups in total. The standard InChI is InChI=1S/C14H9Cl2NO3S/c15-10-6-8(14(19)20)7-11(16)13(10)17-12(18)4-3-9-2-1-5-21-9/h1-7H,(H,17,18)(H,19,20)/b4-3+. The zero-order valence-electron chi connectivity index (χ0n) is 10.5. The second kappa shape index (κ2) is 6.76. The van der Waals surface area contributed by atoms with Crippen molar-refractivity contribution in [2.45, 2.75) is 0 Å². The van der Waals surface area contributed by atoms with Crippen molar-refractivity contribution in [3.05, 3.63) is 56.2 Å². The number of carbonyl (C=O) groups is 2. The second-order valence-electron chi connectivity index (χ2n) is 3.96. The average Bonchev–Trinajstić information content (AvgIpc) is 2.93. The third-order valence-electron chi connectivity index (χ3n) is 2.48. The third-order valence-corrected chi connectivity index (χ3v) is 3.91. The van der Waals surface area contributed by atoms with Gasteiger partial charge in [-0.15, -0.1) is 11.3 Å². The van der Waals surface area contributed by atoms with E-state index in [1.165, 1.54) is 29.5 Å². The van der Waals surface area contributed by atoms with Gasteiger partial charge in [0, 0.05) is 11.0 Å². The van der Waals surface area contributed by atoms with Crippen LogP contribution in [0, 0.1) is 0 Å². The lowest BCUT2D eigenvalue weighted by molar-refractivity contribution is -0.111. The van der Waals surface area contributed by atoms with Gasteiger partial charge in [-0.3, -0.25) is 4.79 Å². The topological polar surface area (TPSA) is 66.4 Å². The molecule has 0 atom stereocenters. The van der Waals surface area contributed by atoms with Crippen molar-refractivity contribution >= 4 is 58.2 Å². The zero-order chi connectivity index (χ0) is 15.4. The largest absolute Gasteiger partial charge is 0.478 e. The van der Waals surface area contributed by atoms with Gasteiger partial charge in [-0.05, 0) is 29.7 Å². The maximum atomic E-state index is 11.8. The second-order valence-corrected chi connectivity index (χ2v) is 5.75. The number of anilines is 1. The molecule has 108 valence electrons. The molecule has 1 amide bonds. The van der Waals surface area contributed by atoms with E-state index in [4.69, 9.17) is 28.3 Å². The molecule has 0 fully saturated rings. The van der Waals surface area contributed by atoms with E-state index in [9.17, 15) is 9.59 Å². The highest BCUT2D eigenvalue weighted by atomic mass is 35.5. The molecule has 4 nitrogen and oxygen atoms in total. The van der Waals surface area contributed by atoms with Crippen LogP contribution in [0.25, 0.3) is 6.08 Å². The number of nitrogens with one attached hydrogen (secondary N) is 1. The highest BCUT2D eigenvalue weighted by molar-refractivity contribution is 7.10. The van der Waals surface area contributed by atoms with E-state index < -0.39 is 11.9 Å². The molecule has 21 heavy (non-hydrogen) atoms. The molecule has 1 aromatic carbocycles. The number of benzene rings is 1. The lowest BCUT2D eigenvalue weighted by Crippen LogP contribution is -2.09. The average molecular weight is 342 g/mol. The van der Waals surface area contributed by atoms with Crippen molar-refractivity contribution in [1.82, 2.24) is 0 Å². The van der Waals surface area contributed by atoms with E-state index in [2.05, 4.69) is 5.32 Å². The Kier molecular flexibility index (Phi) is 5.01. The third kappa shape index (κ3) is 4.07. The van der Waals surface area contributed by atoms with Gasteiger partial charge in [0.15, 0.2) is 0 Å². The van der Waals surface area contributed by atoms with Crippen LogP contribution in [0.3, 0.4) is 0 Å². The first-order valence-corrected chi connectivity index (χ1v) is 7.36. The Morgan fingerprint density at radius 2 is 1.90 bits per heavy atom. The predicted octanol–water partition coefficient (Wildman–Crippen LogP) is 4.41. The number of aromatic carboxylic acids is 1. The van der Waals surface area contributed by atoms with Crippen LogP contribution in [0.1, 0.15) is 15.2 Å². The number of halogens is 2. The highest BCUT2D eigenvalue weighted by Gasteiger charge is 2.13. The van der Waals surface area contributed by atoms with Crippen LogP contribution in [0.15, 0.2) is 35.7 Å². The molecule has 0 aliphatic heterocycles. The summed E-state index contributed by atoms with van der Waals surface area (Å²) in [5.74, 6) is -1.55. The maximum Gasteiger partial charge on any atom is 0.335 e. The van der Waals surface area contributed by atoms with E-state index >= 15 is 0 Å². The summed E-state index contributed by atoms with van der Waals surface area (Å²) in [7, 11) is 0. The molecule has 0 saturated heterocycles. The molecule has 1 heterocycles. The predicted molar refractivity (Wildman–Crippen MR) is 85.4 cm³/mol. The van der Waals surface area contributed by atoms with Crippen molar-refractivity contribution in [3.8, 4) is 0 Å². The number of carbonyl (C=O) groups excluding carboxylic acids is 1. The van der Waals surface area contributed by atoms with Crippen LogP contribution in [0.4, 0.5) is 5.69 Å². The Hall–Kier alpha value is -1.82. The zero-order valence-corrected chi connectivity index (χ0v) is 12.8. The Balaban J connectivity index is 2.16. The molecule has 0 saturated carbocycles. The van der Waals surface area contributed by atoms with Gasteiger partial charge in [0.05, 0.1) is 21.3 Å². The molecular formula is C14H9Cl2NO3S. The van der Waals surface area contributed by atoms with Gasteiger partial charge in [0.25, 0.3) is 0 Å². The minimum atomic E-state index is -1.14. The fraction of sp³-hybridized carbons (Fsp3) is 0. The van der Waals surface area contributed by atoms with E-state index in [-0.39, 0.29) is 21.3 Å². The summed E-state index contributed by atoms with van der Waals surface area (Å²) in [6.07, 6.45) is 3.01. The Bertz CT molecular complexity index is 688. The normalized spacial score (nSPS) is 10.8. The Morgan fingerprint density at radius 1 is 1.24 bits per heavy atom. The molecule has 7 heteroatoms. The molecule has 1 aromatic heterocycles. The minimum absolute atomic E-state index is 0.0443. The van der Waals surface area contributed by atoms with Crippen molar-refractivity contribution < 1.29 is 14.7 Å². The van der Waals surface area contributed by atoms with Crippen molar-refractivity contribution in [3.63, 3.8) is 0 Å². The number of rotatable bonds is 4. The molecule has 0 radical (unpaired) electrons. The summed E-state index contributed by atoms with van der Waals surface area (Å²) in [6.45, 7) is 0. The molecule has 2 aromatic rings. The summed E-state index contributed by atoms with van der Waals surface area (Å²) in [6, 6.07) is 6.21. The van der Waals surface area contributed by atoms with Crippen LogP contribution < -0.4 is 5.32 Å². The first-order valence-electron chi connectivity index (χ1n) is 5.72. The number of hydrogen-bond donors (Lipinski definition) is 2. The summed E-state index contributed by atoms with van der Waals surface area (Å²) in [5, 5.41) is 13.4. The maximum absolute atomic E-state index is 11.8. The number of carboxylic acid groups (broad SMARTS) is 1. The molecular weight excluding hydrogens is 333 g/mol. The summed E-state index contributed by atoms with van der Waals surface area (Å²) < 4.78 is 0. The lowest BCUT2D eigenvalue weighted by Gasteiger charge is -2.08. The Labute approximate surface area is 134 Å². The van der Waals surface area contributed by atoms with Gasteiger partial charge in [-0.1, -0.05) is 29.3 Å². The lowest BCUT2D eigenvalue weighted by atomic mass is 10.2.